The number of benzene rings is 3. The van der Waals surface area contributed by atoms with Gasteiger partial charge >= 0.3 is 0 Å². The molecule has 0 radical (unpaired) electrons. The molecule has 0 amide bonds. The molecule has 5 nitrogen and oxygen atoms in total. The molecule has 160 valence electrons. The van der Waals surface area contributed by atoms with Gasteiger partial charge in [0.1, 0.15) is 0 Å². The number of hydrogen-bond donors (Lipinski definition) is 0. The fourth-order valence-electron chi connectivity index (χ4n) is 4.06. The summed E-state index contributed by atoms with van der Waals surface area (Å²) in [6, 6.07) is 22.0. The summed E-state index contributed by atoms with van der Waals surface area (Å²) in [5.74, 6) is 1.11. The van der Waals surface area contributed by atoms with Crippen molar-refractivity contribution in [1.82, 2.24) is 4.31 Å². The van der Waals surface area contributed by atoms with Crippen LogP contribution >= 0.6 is 0 Å². The summed E-state index contributed by atoms with van der Waals surface area (Å²) in [6.45, 7) is 1.81. The van der Waals surface area contributed by atoms with Crippen LogP contribution < -0.4 is 9.47 Å². The van der Waals surface area contributed by atoms with E-state index in [9.17, 15) is 8.42 Å². The molecule has 1 aliphatic rings. The minimum atomic E-state index is -3.79. The van der Waals surface area contributed by atoms with E-state index in [1.54, 1.807) is 32.6 Å². The molecule has 4 rings (SSSR count). The molecule has 1 aliphatic heterocycles. The first kappa shape index (κ1) is 21.0. The van der Waals surface area contributed by atoms with Crippen molar-refractivity contribution in [2.45, 2.75) is 24.3 Å². The third kappa shape index (κ3) is 3.79. The lowest BCUT2D eigenvalue weighted by atomic mass is 9.97. The molecule has 1 unspecified atom stereocenters. The molecule has 0 bridgehead atoms. The molecule has 0 saturated heterocycles. The lowest BCUT2D eigenvalue weighted by molar-refractivity contribution is 0.341. The van der Waals surface area contributed by atoms with Gasteiger partial charge in [0.2, 0.25) is 0 Å². The topological polar surface area (TPSA) is 55.8 Å². The van der Waals surface area contributed by atoms with Crippen LogP contribution in [0.1, 0.15) is 29.2 Å². The monoisotopic (exact) mass is 435 g/mol. The highest BCUT2D eigenvalue weighted by Gasteiger charge is 2.38. The first-order chi connectivity index (χ1) is 15.0. The van der Waals surface area contributed by atoms with Gasteiger partial charge < -0.3 is 9.47 Å². The zero-order valence-corrected chi connectivity index (χ0v) is 18.6. The van der Waals surface area contributed by atoms with E-state index in [-0.39, 0.29) is 0 Å². The summed E-state index contributed by atoms with van der Waals surface area (Å²) in [5.41, 5.74) is 3.42. The minimum absolute atomic E-state index is 0.299. The van der Waals surface area contributed by atoms with Gasteiger partial charge in [-0.15, -0.1) is 0 Å². The largest absolute Gasteiger partial charge is 0.493 e. The molecule has 1 atom stereocenters. The smallest absolute Gasteiger partial charge is 0.264 e. The Kier molecular flexibility index (Phi) is 5.74. The SMILES string of the molecule is COc1cccc(C2CC(c3ccccc3)=CN2S(=O)(=O)c2ccccc2C)c1OC. The predicted molar refractivity (Wildman–Crippen MR) is 122 cm³/mol. The summed E-state index contributed by atoms with van der Waals surface area (Å²) >= 11 is 0. The summed E-state index contributed by atoms with van der Waals surface area (Å²) in [7, 11) is -0.645. The number of rotatable bonds is 6. The van der Waals surface area contributed by atoms with Gasteiger partial charge in [0, 0.05) is 18.2 Å². The molecule has 0 aromatic heterocycles. The first-order valence-electron chi connectivity index (χ1n) is 10.0. The van der Waals surface area contributed by atoms with Crippen molar-refractivity contribution < 1.29 is 17.9 Å². The Balaban J connectivity index is 1.88. The summed E-state index contributed by atoms with van der Waals surface area (Å²) < 4.78 is 40.1. The van der Waals surface area contributed by atoms with Crippen LogP contribution in [-0.4, -0.2) is 26.9 Å². The Morgan fingerprint density at radius 2 is 1.58 bits per heavy atom. The number of para-hydroxylation sites is 1. The highest BCUT2D eigenvalue weighted by atomic mass is 32.2. The van der Waals surface area contributed by atoms with Gasteiger partial charge in [0.05, 0.1) is 25.2 Å². The van der Waals surface area contributed by atoms with Crippen LogP contribution in [0.25, 0.3) is 5.57 Å². The van der Waals surface area contributed by atoms with Crippen LogP contribution in [0.4, 0.5) is 0 Å². The Morgan fingerprint density at radius 3 is 2.26 bits per heavy atom. The Bertz CT molecular complexity index is 1220. The Morgan fingerprint density at radius 1 is 0.871 bits per heavy atom. The summed E-state index contributed by atoms with van der Waals surface area (Å²) in [4.78, 5) is 0.299. The van der Waals surface area contributed by atoms with Gasteiger partial charge in [-0.1, -0.05) is 60.7 Å². The number of methoxy groups -OCH3 is 2. The van der Waals surface area contributed by atoms with E-state index in [0.717, 1.165) is 16.7 Å². The van der Waals surface area contributed by atoms with Gasteiger partial charge in [0.15, 0.2) is 11.5 Å². The summed E-state index contributed by atoms with van der Waals surface area (Å²) in [6.07, 6.45) is 2.28. The van der Waals surface area contributed by atoms with Gasteiger partial charge in [0.25, 0.3) is 10.0 Å². The zero-order valence-electron chi connectivity index (χ0n) is 17.8. The molecule has 31 heavy (non-hydrogen) atoms. The molecule has 3 aromatic rings. The van der Waals surface area contributed by atoms with Crippen LogP contribution in [0.15, 0.2) is 83.9 Å². The quantitative estimate of drug-likeness (QED) is 0.535. The average molecular weight is 436 g/mol. The molecular weight excluding hydrogens is 410 g/mol. The van der Waals surface area contributed by atoms with E-state index in [4.69, 9.17) is 9.47 Å². The number of ether oxygens (including phenoxy) is 2. The molecule has 0 N–H and O–H groups in total. The maximum absolute atomic E-state index is 13.8. The average Bonchev–Trinajstić information content (AvgIpc) is 3.25. The van der Waals surface area contributed by atoms with Crippen LogP contribution in [0.2, 0.25) is 0 Å². The van der Waals surface area contributed by atoms with Crippen molar-refractivity contribution in [3.8, 4) is 11.5 Å². The van der Waals surface area contributed by atoms with E-state index in [1.807, 2.05) is 67.6 Å². The zero-order chi connectivity index (χ0) is 22.0. The maximum Gasteiger partial charge on any atom is 0.264 e. The summed E-state index contributed by atoms with van der Waals surface area (Å²) in [5, 5.41) is 0. The molecule has 0 fully saturated rings. The number of hydrogen-bond acceptors (Lipinski definition) is 4. The molecule has 0 saturated carbocycles. The highest BCUT2D eigenvalue weighted by molar-refractivity contribution is 7.89. The fraction of sp³-hybridized carbons (Fsp3) is 0.200. The number of aryl methyl sites for hydroxylation is 1. The van der Waals surface area contributed by atoms with Crippen molar-refractivity contribution in [2.75, 3.05) is 14.2 Å². The van der Waals surface area contributed by atoms with Crippen LogP contribution in [-0.2, 0) is 10.0 Å². The minimum Gasteiger partial charge on any atom is -0.493 e. The molecule has 3 aromatic carbocycles. The lowest BCUT2D eigenvalue weighted by Crippen LogP contribution is -2.28. The normalized spacial score (nSPS) is 16.2. The lowest BCUT2D eigenvalue weighted by Gasteiger charge is -2.27. The fourth-order valence-corrected chi connectivity index (χ4v) is 5.80. The Hall–Kier alpha value is -3.25. The second kappa shape index (κ2) is 8.47. The highest BCUT2D eigenvalue weighted by Crippen LogP contribution is 2.47. The molecule has 0 spiro atoms. The van der Waals surface area contributed by atoms with E-state index in [1.165, 1.54) is 4.31 Å². The molecule has 6 heteroatoms. The van der Waals surface area contributed by atoms with Gasteiger partial charge in [-0.25, -0.2) is 8.42 Å². The second-order valence-corrected chi connectivity index (χ2v) is 9.24. The van der Waals surface area contributed by atoms with Crippen LogP contribution in [0.3, 0.4) is 0 Å². The predicted octanol–water partition coefficient (Wildman–Crippen LogP) is 5.19. The van der Waals surface area contributed by atoms with Gasteiger partial charge in [-0.2, -0.15) is 0 Å². The number of sulfonamides is 1. The van der Waals surface area contributed by atoms with Crippen molar-refractivity contribution >= 4 is 15.6 Å². The van der Waals surface area contributed by atoms with Gasteiger partial charge in [-0.05, 0) is 35.8 Å². The van der Waals surface area contributed by atoms with E-state index in [2.05, 4.69) is 0 Å². The van der Waals surface area contributed by atoms with Crippen molar-refractivity contribution in [3.63, 3.8) is 0 Å². The van der Waals surface area contributed by atoms with Crippen molar-refractivity contribution in [2.24, 2.45) is 0 Å². The first-order valence-corrected chi connectivity index (χ1v) is 11.5. The van der Waals surface area contributed by atoms with Gasteiger partial charge in [-0.3, -0.25) is 4.31 Å². The van der Waals surface area contributed by atoms with E-state index >= 15 is 0 Å². The Labute approximate surface area is 183 Å². The van der Waals surface area contributed by atoms with Crippen molar-refractivity contribution in [3.05, 3.63) is 95.7 Å². The van der Waals surface area contributed by atoms with Crippen LogP contribution in [0.5, 0.6) is 11.5 Å². The van der Waals surface area contributed by atoms with Crippen LogP contribution in [0, 0.1) is 6.92 Å². The van der Waals surface area contributed by atoms with E-state index < -0.39 is 16.1 Å². The maximum atomic E-state index is 13.8. The molecule has 0 aliphatic carbocycles. The number of nitrogens with zero attached hydrogens (tertiary/aromatic N) is 1. The third-order valence-corrected chi connectivity index (χ3v) is 7.52. The standard InChI is InChI=1S/C25H25NO4S/c1-18-10-7-8-15-24(18)31(27,28)26-17-20(19-11-5-4-6-12-19)16-22(26)21-13-9-14-23(29-2)25(21)30-3/h4-15,17,22H,16H2,1-3H3. The van der Waals surface area contributed by atoms with Crippen molar-refractivity contribution in [1.29, 1.82) is 0 Å². The molecular formula is C25H25NO4S. The van der Waals surface area contributed by atoms with E-state index in [0.29, 0.717) is 28.4 Å². The second-order valence-electron chi connectivity index (χ2n) is 7.42. The third-order valence-electron chi connectivity index (χ3n) is 5.59. The molecule has 1 heterocycles.